The normalized spacial score (nSPS) is 15.0. The number of hydrogen-bond donors (Lipinski definition) is 0. The molecular formula is C20H18N2O3. The number of fused-ring (bicyclic) bond motifs is 1. The summed E-state index contributed by atoms with van der Waals surface area (Å²) in [5.41, 5.74) is 3.29. The lowest BCUT2D eigenvalue weighted by atomic mass is 10.1. The first kappa shape index (κ1) is 15.4. The summed E-state index contributed by atoms with van der Waals surface area (Å²) in [6, 6.07) is 15.0. The van der Waals surface area contributed by atoms with E-state index in [0.717, 1.165) is 22.2 Å². The number of furan rings is 1. The van der Waals surface area contributed by atoms with E-state index in [1.807, 2.05) is 37.3 Å². The molecule has 3 aromatic rings. The molecule has 1 aliphatic rings. The van der Waals surface area contributed by atoms with Crippen molar-refractivity contribution < 1.29 is 14.0 Å². The van der Waals surface area contributed by atoms with Crippen molar-refractivity contribution >= 4 is 28.5 Å². The molecule has 2 amide bonds. The van der Waals surface area contributed by atoms with E-state index in [1.165, 1.54) is 0 Å². The molecule has 0 unspecified atom stereocenters. The Hall–Kier alpha value is -3.08. The van der Waals surface area contributed by atoms with Crippen LogP contribution in [0.1, 0.15) is 15.9 Å². The van der Waals surface area contributed by atoms with Gasteiger partial charge >= 0.3 is 0 Å². The van der Waals surface area contributed by atoms with Gasteiger partial charge in [0.1, 0.15) is 12.1 Å². The molecule has 2 heterocycles. The largest absolute Gasteiger partial charge is 0.464 e. The van der Waals surface area contributed by atoms with Crippen LogP contribution in [0.4, 0.5) is 5.69 Å². The van der Waals surface area contributed by atoms with Gasteiger partial charge in [0.25, 0.3) is 5.91 Å². The average Bonchev–Trinajstić information content (AvgIpc) is 3.09. The van der Waals surface area contributed by atoms with Gasteiger partial charge in [-0.25, -0.2) is 0 Å². The van der Waals surface area contributed by atoms with Gasteiger partial charge in [-0.1, -0.05) is 18.2 Å². The number of anilines is 1. The fourth-order valence-corrected chi connectivity index (χ4v) is 3.25. The monoisotopic (exact) mass is 334 g/mol. The maximum atomic E-state index is 12.7. The molecule has 126 valence electrons. The first-order valence-electron chi connectivity index (χ1n) is 8.26. The van der Waals surface area contributed by atoms with Gasteiger partial charge in [-0.2, -0.15) is 0 Å². The van der Waals surface area contributed by atoms with E-state index < -0.39 is 0 Å². The van der Waals surface area contributed by atoms with Gasteiger partial charge in [-0.3, -0.25) is 9.59 Å². The van der Waals surface area contributed by atoms with Crippen molar-refractivity contribution in [2.75, 3.05) is 24.5 Å². The maximum Gasteiger partial charge on any atom is 0.254 e. The number of rotatable bonds is 2. The third-order valence-corrected chi connectivity index (χ3v) is 4.61. The molecule has 0 saturated carbocycles. The van der Waals surface area contributed by atoms with Crippen molar-refractivity contribution in [2.24, 2.45) is 0 Å². The molecule has 0 atom stereocenters. The minimum atomic E-state index is -0.124. The molecular weight excluding hydrogens is 316 g/mol. The number of hydrogen-bond acceptors (Lipinski definition) is 3. The minimum absolute atomic E-state index is 0.0571. The summed E-state index contributed by atoms with van der Waals surface area (Å²) in [5.74, 6) is -0.181. The van der Waals surface area contributed by atoms with E-state index in [-0.39, 0.29) is 18.4 Å². The Bertz CT molecular complexity index is 960. The van der Waals surface area contributed by atoms with Gasteiger partial charge in [0.05, 0.1) is 6.26 Å². The van der Waals surface area contributed by atoms with Crippen LogP contribution < -0.4 is 4.90 Å². The van der Waals surface area contributed by atoms with E-state index >= 15 is 0 Å². The van der Waals surface area contributed by atoms with Crippen molar-refractivity contribution in [1.82, 2.24) is 4.90 Å². The highest BCUT2D eigenvalue weighted by Gasteiger charge is 2.29. The van der Waals surface area contributed by atoms with Crippen molar-refractivity contribution in [2.45, 2.75) is 6.92 Å². The average molecular weight is 334 g/mol. The van der Waals surface area contributed by atoms with Gasteiger partial charge < -0.3 is 14.2 Å². The number of nitrogens with zero attached hydrogens (tertiary/aromatic N) is 2. The summed E-state index contributed by atoms with van der Waals surface area (Å²) < 4.78 is 5.30. The summed E-state index contributed by atoms with van der Waals surface area (Å²) in [6.45, 7) is 3.10. The van der Waals surface area contributed by atoms with Crippen LogP contribution in [0.5, 0.6) is 0 Å². The molecule has 25 heavy (non-hydrogen) atoms. The van der Waals surface area contributed by atoms with Crippen molar-refractivity contribution in [3.63, 3.8) is 0 Å². The second-order valence-electron chi connectivity index (χ2n) is 6.23. The van der Waals surface area contributed by atoms with Crippen molar-refractivity contribution in [3.05, 3.63) is 65.9 Å². The van der Waals surface area contributed by atoms with Crippen LogP contribution in [0.25, 0.3) is 11.0 Å². The quantitative estimate of drug-likeness (QED) is 0.723. The van der Waals surface area contributed by atoms with E-state index in [4.69, 9.17) is 4.42 Å². The fourth-order valence-electron chi connectivity index (χ4n) is 3.25. The molecule has 1 fully saturated rings. The summed E-state index contributed by atoms with van der Waals surface area (Å²) >= 11 is 0. The summed E-state index contributed by atoms with van der Waals surface area (Å²) in [6.07, 6.45) is 1.60. The third kappa shape index (κ3) is 2.78. The first-order valence-corrected chi connectivity index (χ1v) is 8.26. The van der Waals surface area contributed by atoms with Crippen LogP contribution in [0.2, 0.25) is 0 Å². The molecule has 0 N–H and O–H groups in total. The number of benzene rings is 2. The third-order valence-electron chi connectivity index (χ3n) is 4.61. The van der Waals surface area contributed by atoms with Crippen LogP contribution in [0, 0.1) is 6.92 Å². The van der Waals surface area contributed by atoms with Gasteiger partial charge in [0.15, 0.2) is 0 Å². The Morgan fingerprint density at radius 3 is 2.72 bits per heavy atom. The van der Waals surface area contributed by atoms with Gasteiger partial charge in [0.2, 0.25) is 5.91 Å². The number of piperazine rings is 1. The standard InChI is InChI=1S/C20H18N2O3/c1-14-4-2-3-5-17(14)22-10-9-21(13-19(22)23)20(24)16-6-7-18-15(12-16)8-11-25-18/h2-8,11-12H,9-10,13H2,1H3. The Labute approximate surface area is 145 Å². The molecule has 1 saturated heterocycles. The van der Waals surface area contributed by atoms with E-state index in [9.17, 15) is 9.59 Å². The zero-order valence-corrected chi connectivity index (χ0v) is 13.9. The zero-order chi connectivity index (χ0) is 17.4. The van der Waals surface area contributed by atoms with Gasteiger partial charge in [-0.15, -0.1) is 0 Å². The second-order valence-corrected chi connectivity index (χ2v) is 6.23. The molecule has 1 aliphatic heterocycles. The number of amides is 2. The van der Waals surface area contributed by atoms with Crippen LogP contribution in [-0.2, 0) is 4.79 Å². The van der Waals surface area contributed by atoms with Crippen LogP contribution in [0.3, 0.4) is 0 Å². The Kier molecular flexibility index (Phi) is 3.76. The minimum Gasteiger partial charge on any atom is -0.464 e. The summed E-state index contributed by atoms with van der Waals surface area (Å²) in [5, 5.41) is 0.885. The molecule has 0 aliphatic carbocycles. The topological polar surface area (TPSA) is 53.8 Å². The van der Waals surface area contributed by atoms with E-state index in [1.54, 1.807) is 34.3 Å². The molecule has 0 bridgehead atoms. The van der Waals surface area contributed by atoms with Gasteiger partial charge in [-0.05, 0) is 42.8 Å². The Morgan fingerprint density at radius 2 is 1.92 bits per heavy atom. The Balaban J connectivity index is 1.53. The zero-order valence-electron chi connectivity index (χ0n) is 13.9. The predicted molar refractivity (Wildman–Crippen MR) is 95.6 cm³/mol. The molecule has 2 aromatic carbocycles. The maximum absolute atomic E-state index is 12.7. The lowest BCUT2D eigenvalue weighted by Gasteiger charge is -2.35. The highest BCUT2D eigenvalue weighted by Crippen LogP contribution is 2.23. The van der Waals surface area contributed by atoms with Gasteiger partial charge in [0, 0.05) is 29.7 Å². The number of para-hydroxylation sites is 1. The first-order chi connectivity index (χ1) is 12.1. The SMILES string of the molecule is Cc1ccccc1N1CCN(C(=O)c2ccc3occc3c2)CC1=O. The molecule has 4 rings (SSSR count). The molecule has 1 aromatic heterocycles. The number of carbonyl (C=O) groups is 2. The van der Waals surface area contributed by atoms with Crippen molar-refractivity contribution in [1.29, 1.82) is 0 Å². The molecule has 0 spiro atoms. The molecule has 5 nitrogen and oxygen atoms in total. The lowest BCUT2D eigenvalue weighted by molar-refractivity contribution is -0.120. The smallest absolute Gasteiger partial charge is 0.254 e. The fraction of sp³-hybridized carbons (Fsp3) is 0.200. The molecule has 0 radical (unpaired) electrons. The van der Waals surface area contributed by atoms with Crippen molar-refractivity contribution in [3.8, 4) is 0 Å². The highest BCUT2D eigenvalue weighted by molar-refractivity contribution is 6.03. The highest BCUT2D eigenvalue weighted by atomic mass is 16.3. The van der Waals surface area contributed by atoms with E-state index in [2.05, 4.69) is 0 Å². The van der Waals surface area contributed by atoms with Crippen LogP contribution >= 0.6 is 0 Å². The predicted octanol–water partition coefficient (Wildman–Crippen LogP) is 3.23. The van der Waals surface area contributed by atoms with E-state index in [0.29, 0.717) is 18.7 Å². The summed E-state index contributed by atoms with van der Waals surface area (Å²) in [4.78, 5) is 28.7. The summed E-state index contributed by atoms with van der Waals surface area (Å²) in [7, 11) is 0. The van der Waals surface area contributed by atoms with Crippen LogP contribution in [0.15, 0.2) is 59.2 Å². The number of aryl methyl sites for hydroxylation is 1. The van der Waals surface area contributed by atoms with Crippen LogP contribution in [-0.4, -0.2) is 36.3 Å². The lowest BCUT2D eigenvalue weighted by Crippen LogP contribution is -2.52. The second kappa shape index (κ2) is 6.09. The number of carbonyl (C=O) groups excluding carboxylic acids is 2. The Morgan fingerprint density at radius 1 is 1.08 bits per heavy atom. The molecule has 5 heteroatoms.